The highest BCUT2D eigenvalue weighted by Crippen LogP contribution is 2.54. The van der Waals surface area contributed by atoms with E-state index in [-0.39, 0.29) is 25.9 Å². The maximum atomic E-state index is 13.6. The number of carbonyl (C=O) groups is 1. The number of amides is 1. The van der Waals surface area contributed by atoms with Gasteiger partial charge in [0.15, 0.2) is 5.82 Å². The molecule has 1 unspecified atom stereocenters. The Bertz CT molecular complexity index is 822. The van der Waals surface area contributed by atoms with Crippen LogP contribution < -0.4 is 0 Å². The third-order valence-corrected chi connectivity index (χ3v) is 5.51. The van der Waals surface area contributed by atoms with Gasteiger partial charge in [0.25, 0.3) is 0 Å². The molecule has 2 aromatic heterocycles. The van der Waals surface area contributed by atoms with Crippen LogP contribution in [0.2, 0.25) is 0 Å². The Morgan fingerprint density at radius 1 is 1.38 bits per heavy atom. The number of aryl methyl sites for hydroxylation is 1. The van der Waals surface area contributed by atoms with Crippen LogP contribution in [-0.2, 0) is 17.8 Å². The molecule has 1 fully saturated rings. The third kappa shape index (κ3) is 2.42. The molecule has 1 aliphatic heterocycles. The maximum absolute atomic E-state index is 13.6. The Labute approximate surface area is 147 Å². The quantitative estimate of drug-likeness (QED) is 0.870. The van der Waals surface area contributed by atoms with Crippen LogP contribution >= 0.6 is 0 Å². The fourth-order valence-electron chi connectivity index (χ4n) is 3.77. The maximum Gasteiger partial charge on any atom is 0.403 e. The summed E-state index contributed by atoms with van der Waals surface area (Å²) in [7, 11) is 0. The summed E-state index contributed by atoms with van der Waals surface area (Å²) in [5, 5.41) is 13.9. The van der Waals surface area contributed by atoms with Crippen molar-refractivity contribution in [2.75, 3.05) is 6.54 Å². The van der Waals surface area contributed by atoms with E-state index in [1.54, 1.807) is 6.20 Å². The van der Waals surface area contributed by atoms with Crippen molar-refractivity contribution in [3.05, 3.63) is 29.1 Å². The van der Waals surface area contributed by atoms with Gasteiger partial charge in [0.1, 0.15) is 11.2 Å². The van der Waals surface area contributed by atoms with Gasteiger partial charge in [0, 0.05) is 25.1 Å². The highest BCUT2D eigenvalue weighted by Gasteiger charge is 2.64. The number of carbonyl (C=O) groups excluding carboxylic acids is 1. The summed E-state index contributed by atoms with van der Waals surface area (Å²) >= 11 is 0. The van der Waals surface area contributed by atoms with Gasteiger partial charge < -0.3 is 4.90 Å². The van der Waals surface area contributed by atoms with Crippen molar-refractivity contribution >= 4 is 5.91 Å². The van der Waals surface area contributed by atoms with Gasteiger partial charge in [0.05, 0.1) is 17.8 Å². The van der Waals surface area contributed by atoms with Crippen LogP contribution in [0.1, 0.15) is 55.0 Å². The van der Waals surface area contributed by atoms with Crippen molar-refractivity contribution in [2.45, 2.75) is 51.2 Å². The predicted octanol–water partition coefficient (Wildman–Crippen LogP) is 2.30. The van der Waals surface area contributed by atoms with Crippen molar-refractivity contribution in [1.29, 1.82) is 0 Å². The van der Waals surface area contributed by atoms with Gasteiger partial charge in [-0.1, -0.05) is 13.3 Å². The standard InChI is InChI=1S/C16H19F3N6O/c1-2-11-21-13(24-22-11)10-8-25(7-9-6-20-23-12(9)10)14(26)15(4-3-5-15)16(17,18)19/h6,10H,2-5,7-8H2,1H3,(H,20,23)(H,21,22,24). The number of hydrogen-bond acceptors (Lipinski definition) is 4. The SMILES string of the molecule is CCc1nc(C2CN(C(=O)C3(C(F)(F)F)CCC3)Cc3cn[nH]c32)n[nH]1. The summed E-state index contributed by atoms with van der Waals surface area (Å²) in [6.07, 6.45) is -2.19. The summed E-state index contributed by atoms with van der Waals surface area (Å²) in [4.78, 5) is 18.5. The van der Waals surface area contributed by atoms with E-state index in [4.69, 9.17) is 0 Å². The molecule has 2 aliphatic rings. The molecule has 0 saturated heterocycles. The molecule has 0 aromatic carbocycles. The minimum Gasteiger partial charge on any atom is -0.336 e. The molecule has 2 aromatic rings. The summed E-state index contributed by atoms with van der Waals surface area (Å²) in [6.45, 7) is 2.14. The molecule has 140 valence electrons. The van der Waals surface area contributed by atoms with Crippen molar-refractivity contribution in [3.63, 3.8) is 0 Å². The van der Waals surface area contributed by atoms with E-state index in [9.17, 15) is 18.0 Å². The van der Waals surface area contributed by atoms with E-state index in [1.807, 2.05) is 6.92 Å². The molecule has 7 nitrogen and oxygen atoms in total. The molecule has 3 heterocycles. The van der Waals surface area contributed by atoms with Gasteiger partial charge in [-0.05, 0) is 12.8 Å². The van der Waals surface area contributed by atoms with Crippen molar-refractivity contribution in [2.24, 2.45) is 5.41 Å². The number of nitrogens with zero attached hydrogens (tertiary/aromatic N) is 4. The molecular weight excluding hydrogens is 349 g/mol. The smallest absolute Gasteiger partial charge is 0.336 e. The summed E-state index contributed by atoms with van der Waals surface area (Å²) in [5.74, 6) is -0.124. The number of aromatic amines is 2. The van der Waals surface area contributed by atoms with E-state index in [0.29, 0.717) is 30.1 Å². The first-order chi connectivity index (χ1) is 12.4. The number of alkyl halides is 3. The van der Waals surface area contributed by atoms with Gasteiger partial charge in [0.2, 0.25) is 5.91 Å². The number of nitrogens with one attached hydrogen (secondary N) is 2. The number of halogens is 3. The van der Waals surface area contributed by atoms with E-state index in [2.05, 4.69) is 25.4 Å². The topological polar surface area (TPSA) is 90.6 Å². The van der Waals surface area contributed by atoms with Crippen LogP contribution in [0.5, 0.6) is 0 Å². The van der Waals surface area contributed by atoms with Crippen molar-refractivity contribution in [3.8, 4) is 0 Å². The van der Waals surface area contributed by atoms with Crippen LogP contribution in [0.4, 0.5) is 13.2 Å². The van der Waals surface area contributed by atoms with E-state index >= 15 is 0 Å². The fraction of sp³-hybridized carbons (Fsp3) is 0.625. The number of rotatable bonds is 3. The second-order valence-corrected chi connectivity index (χ2v) is 6.97. The average molecular weight is 368 g/mol. The second kappa shape index (κ2) is 5.82. The van der Waals surface area contributed by atoms with Gasteiger partial charge in [-0.25, -0.2) is 4.98 Å². The van der Waals surface area contributed by atoms with Gasteiger partial charge >= 0.3 is 6.18 Å². The monoisotopic (exact) mass is 368 g/mol. The van der Waals surface area contributed by atoms with Gasteiger partial charge in [-0.15, -0.1) is 0 Å². The predicted molar refractivity (Wildman–Crippen MR) is 83.9 cm³/mol. The van der Waals surface area contributed by atoms with Crippen LogP contribution in [0.3, 0.4) is 0 Å². The molecule has 1 amide bonds. The Kier molecular flexibility index (Phi) is 3.81. The molecule has 0 spiro atoms. The minimum absolute atomic E-state index is 0.104. The lowest BCUT2D eigenvalue weighted by molar-refractivity contribution is -0.249. The zero-order chi connectivity index (χ0) is 18.5. The molecule has 2 N–H and O–H groups in total. The molecule has 4 rings (SSSR count). The molecule has 1 aliphatic carbocycles. The normalized spacial score (nSPS) is 22.0. The van der Waals surface area contributed by atoms with Crippen molar-refractivity contribution in [1.82, 2.24) is 30.3 Å². The number of fused-ring (bicyclic) bond motifs is 1. The van der Waals surface area contributed by atoms with E-state index < -0.39 is 23.4 Å². The summed E-state index contributed by atoms with van der Waals surface area (Å²) < 4.78 is 40.7. The number of H-pyrrole nitrogens is 2. The number of hydrogen-bond donors (Lipinski definition) is 2. The Hall–Kier alpha value is -2.39. The lowest BCUT2D eigenvalue weighted by Gasteiger charge is -2.45. The van der Waals surface area contributed by atoms with E-state index in [1.165, 1.54) is 4.90 Å². The molecule has 10 heteroatoms. The molecule has 0 bridgehead atoms. The lowest BCUT2D eigenvalue weighted by atomic mass is 9.67. The molecule has 1 saturated carbocycles. The summed E-state index contributed by atoms with van der Waals surface area (Å²) in [5.41, 5.74) is -0.786. The minimum atomic E-state index is -4.53. The summed E-state index contributed by atoms with van der Waals surface area (Å²) in [6, 6.07) is 0. The molecule has 0 radical (unpaired) electrons. The van der Waals surface area contributed by atoms with Crippen LogP contribution in [-0.4, -0.2) is 48.9 Å². The first kappa shape index (κ1) is 17.0. The van der Waals surface area contributed by atoms with Crippen LogP contribution in [0.25, 0.3) is 0 Å². The zero-order valence-corrected chi connectivity index (χ0v) is 14.2. The molecule has 1 atom stereocenters. The molecule has 26 heavy (non-hydrogen) atoms. The van der Waals surface area contributed by atoms with Crippen molar-refractivity contribution < 1.29 is 18.0 Å². The van der Waals surface area contributed by atoms with E-state index in [0.717, 1.165) is 5.69 Å². The van der Waals surface area contributed by atoms with Gasteiger partial charge in [-0.3, -0.25) is 15.0 Å². The largest absolute Gasteiger partial charge is 0.403 e. The first-order valence-electron chi connectivity index (χ1n) is 8.65. The van der Waals surface area contributed by atoms with Gasteiger partial charge in [-0.2, -0.15) is 23.4 Å². The Morgan fingerprint density at radius 2 is 2.15 bits per heavy atom. The fourth-order valence-corrected chi connectivity index (χ4v) is 3.77. The highest BCUT2D eigenvalue weighted by molar-refractivity contribution is 5.85. The first-order valence-corrected chi connectivity index (χ1v) is 8.65. The number of aromatic nitrogens is 5. The second-order valence-electron chi connectivity index (χ2n) is 6.97. The average Bonchev–Trinajstić information content (AvgIpc) is 3.20. The Morgan fingerprint density at radius 3 is 2.73 bits per heavy atom. The Balaban J connectivity index is 1.66. The van der Waals surface area contributed by atoms with Crippen LogP contribution in [0.15, 0.2) is 6.20 Å². The molecular formula is C16H19F3N6O. The third-order valence-electron chi connectivity index (χ3n) is 5.51. The lowest BCUT2D eigenvalue weighted by Crippen LogP contribution is -2.57. The zero-order valence-electron chi connectivity index (χ0n) is 14.2. The highest BCUT2D eigenvalue weighted by atomic mass is 19.4. The van der Waals surface area contributed by atoms with Crippen LogP contribution in [0, 0.1) is 5.41 Å².